The molecule has 1 aliphatic carbocycles. The van der Waals surface area contributed by atoms with Gasteiger partial charge in [0.15, 0.2) is 0 Å². The Labute approximate surface area is 173 Å². The van der Waals surface area contributed by atoms with Gasteiger partial charge in [-0.15, -0.1) is 13.2 Å². The Hall–Kier alpha value is -2.45. The van der Waals surface area contributed by atoms with Crippen molar-refractivity contribution in [1.82, 2.24) is 4.90 Å². The van der Waals surface area contributed by atoms with Crippen molar-refractivity contribution in [3.05, 3.63) is 29.3 Å². The second-order valence-electron chi connectivity index (χ2n) is 9.18. The van der Waals surface area contributed by atoms with Crippen molar-refractivity contribution in [3.8, 4) is 5.75 Å². The molecule has 166 valence electrons. The molecule has 1 spiro atoms. The van der Waals surface area contributed by atoms with Gasteiger partial charge < -0.3 is 19.1 Å². The molecule has 1 aromatic carbocycles. The van der Waals surface area contributed by atoms with Crippen LogP contribution >= 0.6 is 0 Å². The molecule has 0 N–H and O–H groups in total. The highest BCUT2D eigenvalue weighted by Gasteiger charge is 2.54. The van der Waals surface area contributed by atoms with Gasteiger partial charge in [0.05, 0.1) is 7.11 Å². The van der Waals surface area contributed by atoms with Crippen LogP contribution in [-0.4, -0.2) is 49.1 Å². The first-order chi connectivity index (χ1) is 13.8. The number of esters is 1. The zero-order chi connectivity index (χ0) is 22.3. The van der Waals surface area contributed by atoms with E-state index in [1.807, 2.05) is 20.8 Å². The first kappa shape index (κ1) is 22.2. The average Bonchev–Trinajstić information content (AvgIpc) is 2.53. The smallest absolute Gasteiger partial charge is 0.465 e. The number of likely N-dealkylation sites (tertiary alicyclic amines) is 1. The minimum Gasteiger partial charge on any atom is -0.465 e. The summed E-state index contributed by atoms with van der Waals surface area (Å²) in [7, 11) is 1.11. The molecule has 1 amide bonds. The summed E-state index contributed by atoms with van der Waals surface area (Å²) in [5, 5.41) is 0. The highest BCUT2D eigenvalue weighted by Crippen LogP contribution is 2.53. The van der Waals surface area contributed by atoms with E-state index in [0.717, 1.165) is 31.6 Å². The topological polar surface area (TPSA) is 65.1 Å². The summed E-state index contributed by atoms with van der Waals surface area (Å²) in [5.74, 6) is -1.12. The van der Waals surface area contributed by atoms with Crippen molar-refractivity contribution in [3.63, 3.8) is 0 Å². The van der Waals surface area contributed by atoms with E-state index in [-0.39, 0.29) is 17.1 Å². The number of hydrogen-bond acceptors (Lipinski definition) is 5. The summed E-state index contributed by atoms with van der Waals surface area (Å²) in [6.07, 6.45) is -2.74. The Morgan fingerprint density at radius 1 is 1.17 bits per heavy atom. The summed E-state index contributed by atoms with van der Waals surface area (Å²) in [5.41, 5.74) is 0.0714. The number of hydrogen-bond donors (Lipinski definition) is 0. The quantitative estimate of drug-likeness (QED) is 0.657. The normalized spacial score (nSPS) is 18.4. The molecule has 2 aliphatic rings. The Kier molecular flexibility index (Phi) is 5.68. The molecule has 1 aromatic rings. The zero-order valence-electron chi connectivity index (χ0n) is 17.5. The molecule has 0 bridgehead atoms. The summed E-state index contributed by atoms with van der Waals surface area (Å²) >= 11 is 0. The first-order valence-corrected chi connectivity index (χ1v) is 9.74. The van der Waals surface area contributed by atoms with Gasteiger partial charge in [0, 0.05) is 18.5 Å². The molecule has 6 nitrogen and oxygen atoms in total. The molecule has 1 saturated carbocycles. The van der Waals surface area contributed by atoms with Crippen molar-refractivity contribution in [2.75, 3.05) is 20.2 Å². The Balaban J connectivity index is 1.56. The molecule has 0 radical (unpaired) electrons. The number of carbonyl (C=O) groups excluding carboxylic acids is 2. The summed E-state index contributed by atoms with van der Waals surface area (Å²) < 4.78 is 51.6. The maximum absolute atomic E-state index is 12.6. The number of alkyl halides is 3. The second-order valence-corrected chi connectivity index (χ2v) is 9.18. The maximum Gasteiger partial charge on any atom is 0.573 e. The highest BCUT2D eigenvalue weighted by atomic mass is 19.4. The van der Waals surface area contributed by atoms with Crippen molar-refractivity contribution in [1.29, 1.82) is 0 Å². The van der Waals surface area contributed by atoms with Crippen molar-refractivity contribution < 1.29 is 37.0 Å². The average molecular weight is 429 g/mol. The number of methoxy groups -OCH3 is 1. The van der Waals surface area contributed by atoms with Crippen molar-refractivity contribution >= 4 is 12.1 Å². The summed E-state index contributed by atoms with van der Waals surface area (Å²) in [4.78, 5) is 25.6. The fraction of sp³-hybridized carbons (Fsp3) is 0.619. The summed E-state index contributed by atoms with van der Waals surface area (Å²) in [6, 6.07) is 4.08. The predicted molar refractivity (Wildman–Crippen MR) is 101 cm³/mol. The van der Waals surface area contributed by atoms with Crippen molar-refractivity contribution in [2.24, 2.45) is 11.3 Å². The number of rotatable bonds is 4. The van der Waals surface area contributed by atoms with Gasteiger partial charge in [0.2, 0.25) is 0 Å². The van der Waals surface area contributed by atoms with Gasteiger partial charge in [-0.1, -0.05) is 6.07 Å². The molecule has 1 saturated heterocycles. The highest BCUT2D eigenvalue weighted by molar-refractivity contribution is 5.92. The fourth-order valence-electron chi connectivity index (χ4n) is 4.31. The number of nitrogens with zero attached hydrogens (tertiary/aromatic N) is 1. The van der Waals surface area contributed by atoms with Gasteiger partial charge in [-0.3, -0.25) is 0 Å². The molecule has 9 heteroatoms. The van der Waals surface area contributed by atoms with Crippen LogP contribution in [0, 0.1) is 11.3 Å². The van der Waals surface area contributed by atoms with E-state index in [1.54, 1.807) is 4.90 Å². The van der Waals surface area contributed by atoms with Crippen LogP contribution in [0.1, 0.15) is 49.5 Å². The number of benzene rings is 1. The fourth-order valence-corrected chi connectivity index (χ4v) is 4.31. The van der Waals surface area contributed by atoms with Crippen LogP contribution in [0.2, 0.25) is 0 Å². The minimum absolute atomic E-state index is 0.103. The van der Waals surface area contributed by atoms with Crippen LogP contribution < -0.4 is 4.74 Å². The lowest BCUT2D eigenvalue weighted by atomic mass is 9.56. The first-order valence-electron chi connectivity index (χ1n) is 9.74. The largest absolute Gasteiger partial charge is 0.573 e. The van der Waals surface area contributed by atoms with Crippen LogP contribution in [0.3, 0.4) is 0 Å². The number of amides is 1. The van der Waals surface area contributed by atoms with Crippen LogP contribution in [0.4, 0.5) is 18.0 Å². The molecule has 1 heterocycles. The third kappa shape index (κ3) is 5.17. The van der Waals surface area contributed by atoms with E-state index in [9.17, 15) is 22.8 Å². The third-order valence-corrected chi connectivity index (χ3v) is 5.35. The third-order valence-electron chi connectivity index (χ3n) is 5.35. The number of ether oxygens (including phenoxy) is 3. The molecule has 1 aliphatic heterocycles. The van der Waals surface area contributed by atoms with E-state index in [2.05, 4.69) is 9.47 Å². The monoisotopic (exact) mass is 429 g/mol. The van der Waals surface area contributed by atoms with E-state index < -0.39 is 23.7 Å². The van der Waals surface area contributed by atoms with Gasteiger partial charge in [-0.05, 0) is 63.6 Å². The molecule has 2 fully saturated rings. The Morgan fingerprint density at radius 2 is 1.80 bits per heavy atom. The van der Waals surface area contributed by atoms with Gasteiger partial charge >= 0.3 is 18.4 Å². The van der Waals surface area contributed by atoms with E-state index in [1.165, 1.54) is 12.1 Å². The van der Waals surface area contributed by atoms with Crippen LogP contribution in [0.25, 0.3) is 0 Å². The van der Waals surface area contributed by atoms with Crippen LogP contribution in [-0.2, 0) is 15.9 Å². The van der Waals surface area contributed by atoms with E-state index in [0.29, 0.717) is 25.4 Å². The van der Waals surface area contributed by atoms with E-state index >= 15 is 0 Å². The lowest BCUT2D eigenvalue weighted by molar-refractivity contribution is -0.274. The predicted octanol–water partition coefficient (Wildman–Crippen LogP) is 4.56. The van der Waals surface area contributed by atoms with Gasteiger partial charge in [0.25, 0.3) is 0 Å². The molecule has 0 atom stereocenters. The second kappa shape index (κ2) is 7.67. The molecule has 0 aromatic heterocycles. The lowest BCUT2D eigenvalue weighted by Gasteiger charge is -2.59. The SMILES string of the molecule is COC(=O)c1cc(CC2CC3(C2)CN(C(=O)OC(C)(C)C)C3)ccc1OC(F)(F)F. The van der Waals surface area contributed by atoms with Gasteiger partial charge in [-0.25, -0.2) is 9.59 Å². The molecule has 30 heavy (non-hydrogen) atoms. The molecular formula is C21H26F3NO5. The number of carbonyl (C=O) groups is 2. The van der Waals surface area contributed by atoms with E-state index in [4.69, 9.17) is 4.74 Å². The maximum atomic E-state index is 12.6. The van der Waals surface area contributed by atoms with Crippen LogP contribution in [0.5, 0.6) is 5.75 Å². The molecular weight excluding hydrogens is 403 g/mol. The zero-order valence-corrected chi connectivity index (χ0v) is 17.5. The Morgan fingerprint density at radius 3 is 2.33 bits per heavy atom. The standard InChI is InChI=1S/C21H26F3NO5/c1-19(2,3)30-18(27)25-11-20(12-25)9-14(10-20)7-13-5-6-16(29-21(22,23)24)15(8-13)17(26)28-4/h5-6,8,14H,7,9-12H2,1-4H3. The van der Waals surface area contributed by atoms with Gasteiger partial charge in [-0.2, -0.15) is 0 Å². The molecule has 0 unspecified atom stereocenters. The minimum atomic E-state index is -4.89. The van der Waals surface area contributed by atoms with Crippen LogP contribution in [0.15, 0.2) is 18.2 Å². The van der Waals surface area contributed by atoms with Gasteiger partial charge in [0.1, 0.15) is 16.9 Å². The summed E-state index contributed by atoms with van der Waals surface area (Å²) in [6.45, 7) is 6.79. The number of halogens is 3. The Bertz CT molecular complexity index is 817. The molecule has 3 rings (SSSR count). The van der Waals surface area contributed by atoms with Crippen molar-refractivity contribution in [2.45, 2.75) is 52.0 Å². The lowest BCUT2D eigenvalue weighted by Crippen LogP contribution is -2.64.